The van der Waals surface area contributed by atoms with E-state index in [4.69, 9.17) is 21.1 Å². The van der Waals surface area contributed by atoms with Gasteiger partial charge in [0.15, 0.2) is 11.5 Å². The second-order valence-corrected chi connectivity index (χ2v) is 9.08. The number of rotatable bonds is 6. The van der Waals surface area contributed by atoms with Crippen LogP contribution < -0.4 is 20.1 Å². The molecule has 0 unspecified atom stereocenters. The number of fused-ring (bicyclic) bond motifs is 1. The predicted octanol–water partition coefficient (Wildman–Crippen LogP) is 3.39. The number of nitrogens with one attached hydrogen (secondary N) is 2. The predicted molar refractivity (Wildman–Crippen MR) is 122 cm³/mol. The minimum absolute atomic E-state index is 0.0546. The zero-order valence-corrected chi connectivity index (χ0v) is 19.4. The van der Waals surface area contributed by atoms with Crippen LogP contribution in [0.2, 0.25) is 5.02 Å². The van der Waals surface area contributed by atoms with Gasteiger partial charge in [0.2, 0.25) is 5.91 Å². The Kier molecular flexibility index (Phi) is 6.21. The third kappa shape index (κ3) is 4.48. The van der Waals surface area contributed by atoms with Gasteiger partial charge in [-0.05, 0) is 48.2 Å². The molecule has 0 aromatic heterocycles. The number of ether oxygens (including phenoxy) is 2. The number of hydrogen-bond donors (Lipinski definition) is 2. The molecule has 0 radical (unpaired) electrons. The Labute approximate surface area is 197 Å². The van der Waals surface area contributed by atoms with E-state index < -0.39 is 23.4 Å². The molecule has 2 heterocycles. The summed E-state index contributed by atoms with van der Waals surface area (Å²) in [6.07, 6.45) is 0. The van der Waals surface area contributed by atoms with Crippen molar-refractivity contribution in [2.24, 2.45) is 5.92 Å². The van der Waals surface area contributed by atoms with Crippen LogP contribution in [0, 0.1) is 5.92 Å². The van der Waals surface area contributed by atoms with E-state index in [0.717, 1.165) is 10.5 Å². The van der Waals surface area contributed by atoms with Crippen molar-refractivity contribution < 1.29 is 23.9 Å². The highest BCUT2D eigenvalue weighted by molar-refractivity contribution is 6.30. The van der Waals surface area contributed by atoms with Crippen LogP contribution in [0.1, 0.15) is 37.9 Å². The summed E-state index contributed by atoms with van der Waals surface area (Å²) in [7, 11) is 0. The lowest BCUT2D eigenvalue weighted by atomic mass is 9.92. The Bertz CT molecular complexity index is 1090. The largest absolute Gasteiger partial charge is 0.486 e. The Morgan fingerprint density at radius 2 is 1.79 bits per heavy atom. The topological polar surface area (TPSA) is 97.0 Å². The molecule has 2 atom stereocenters. The van der Waals surface area contributed by atoms with Crippen molar-refractivity contribution in [3.8, 4) is 11.5 Å². The first-order valence-corrected chi connectivity index (χ1v) is 11.2. The third-order valence-corrected chi connectivity index (χ3v) is 6.16. The molecule has 2 aromatic rings. The summed E-state index contributed by atoms with van der Waals surface area (Å²) >= 11 is 5.94. The molecular formula is C24H26ClN3O5. The third-order valence-electron chi connectivity index (χ3n) is 5.91. The lowest BCUT2D eigenvalue weighted by Crippen LogP contribution is -2.44. The summed E-state index contributed by atoms with van der Waals surface area (Å²) in [6.45, 7) is 6.15. The van der Waals surface area contributed by atoms with Crippen molar-refractivity contribution in [3.05, 3.63) is 58.6 Å². The van der Waals surface area contributed by atoms with Gasteiger partial charge in [0.25, 0.3) is 5.91 Å². The van der Waals surface area contributed by atoms with E-state index in [1.807, 2.05) is 32.0 Å². The molecule has 2 N–H and O–H groups in total. The fraction of sp³-hybridized carbons (Fsp3) is 0.375. The van der Waals surface area contributed by atoms with E-state index in [1.165, 1.54) is 0 Å². The van der Waals surface area contributed by atoms with Gasteiger partial charge in [0, 0.05) is 5.02 Å². The molecule has 0 aliphatic carbocycles. The van der Waals surface area contributed by atoms with E-state index >= 15 is 0 Å². The van der Waals surface area contributed by atoms with Crippen LogP contribution in [-0.4, -0.2) is 42.5 Å². The molecule has 2 aliphatic rings. The van der Waals surface area contributed by atoms with Crippen molar-refractivity contribution in [2.45, 2.75) is 32.4 Å². The summed E-state index contributed by atoms with van der Waals surface area (Å²) in [4.78, 5) is 39.5. The normalized spacial score (nSPS) is 20.6. The van der Waals surface area contributed by atoms with E-state index in [1.54, 1.807) is 31.2 Å². The molecule has 0 bridgehead atoms. The van der Waals surface area contributed by atoms with E-state index in [0.29, 0.717) is 35.3 Å². The highest BCUT2D eigenvalue weighted by Crippen LogP contribution is 2.34. The fourth-order valence-corrected chi connectivity index (χ4v) is 4.20. The maximum atomic E-state index is 13.1. The van der Waals surface area contributed by atoms with Crippen molar-refractivity contribution >= 4 is 29.4 Å². The summed E-state index contributed by atoms with van der Waals surface area (Å²) in [6, 6.07) is 11.3. The van der Waals surface area contributed by atoms with Gasteiger partial charge < -0.3 is 20.1 Å². The first-order chi connectivity index (χ1) is 15.7. The van der Waals surface area contributed by atoms with Crippen molar-refractivity contribution in [1.29, 1.82) is 0 Å². The first-order valence-electron chi connectivity index (χ1n) is 10.8. The highest BCUT2D eigenvalue weighted by Gasteiger charge is 2.49. The molecule has 4 rings (SSSR count). The highest BCUT2D eigenvalue weighted by atomic mass is 35.5. The molecule has 2 aliphatic heterocycles. The lowest BCUT2D eigenvalue weighted by Gasteiger charge is -2.26. The molecule has 1 saturated heterocycles. The smallest absolute Gasteiger partial charge is 0.325 e. The molecule has 0 saturated carbocycles. The van der Waals surface area contributed by atoms with Gasteiger partial charge in [-0.2, -0.15) is 0 Å². The Balaban J connectivity index is 1.48. The number of amides is 4. The van der Waals surface area contributed by atoms with Gasteiger partial charge in [0.05, 0.1) is 6.04 Å². The van der Waals surface area contributed by atoms with Crippen molar-refractivity contribution in [2.75, 3.05) is 19.8 Å². The van der Waals surface area contributed by atoms with Gasteiger partial charge in [-0.15, -0.1) is 0 Å². The second-order valence-electron chi connectivity index (χ2n) is 8.65. The van der Waals surface area contributed by atoms with Crippen LogP contribution in [0.5, 0.6) is 11.5 Å². The molecule has 8 nitrogen and oxygen atoms in total. The first kappa shape index (κ1) is 22.9. The monoisotopic (exact) mass is 471 g/mol. The van der Waals surface area contributed by atoms with Crippen LogP contribution in [0.15, 0.2) is 42.5 Å². The Hall–Kier alpha value is -3.26. The molecule has 2 aromatic carbocycles. The van der Waals surface area contributed by atoms with Gasteiger partial charge in [0.1, 0.15) is 25.3 Å². The molecule has 33 heavy (non-hydrogen) atoms. The molecule has 9 heteroatoms. The number of hydrogen-bond acceptors (Lipinski definition) is 5. The minimum atomic E-state index is -1.27. The van der Waals surface area contributed by atoms with Gasteiger partial charge in [-0.3, -0.25) is 14.5 Å². The molecule has 0 spiro atoms. The number of carbonyl (C=O) groups is 3. The number of benzene rings is 2. The quantitative estimate of drug-likeness (QED) is 0.629. The Morgan fingerprint density at radius 3 is 2.45 bits per heavy atom. The van der Waals surface area contributed by atoms with E-state index in [-0.39, 0.29) is 18.5 Å². The number of urea groups is 1. The number of imide groups is 1. The average Bonchev–Trinajstić information content (AvgIpc) is 3.01. The maximum absolute atomic E-state index is 13.1. The minimum Gasteiger partial charge on any atom is -0.486 e. The van der Waals surface area contributed by atoms with Crippen LogP contribution in [0.25, 0.3) is 0 Å². The van der Waals surface area contributed by atoms with Crippen LogP contribution in [0.3, 0.4) is 0 Å². The fourth-order valence-electron chi connectivity index (χ4n) is 4.07. The molecular weight excluding hydrogens is 446 g/mol. The molecule has 4 amide bonds. The van der Waals surface area contributed by atoms with Crippen LogP contribution in [0.4, 0.5) is 4.79 Å². The zero-order chi connectivity index (χ0) is 23.8. The van der Waals surface area contributed by atoms with Gasteiger partial charge >= 0.3 is 6.03 Å². The molecule has 1 fully saturated rings. The van der Waals surface area contributed by atoms with Crippen LogP contribution in [-0.2, 0) is 15.1 Å². The summed E-state index contributed by atoms with van der Waals surface area (Å²) < 4.78 is 11.2. The lowest BCUT2D eigenvalue weighted by molar-refractivity contribution is -0.135. The SMILES string of the molecule is CC(C)[C@@H](NC(=O)CN1C(=O)N[C@@](C)(c2ccc(Cl)cc2)C1=O)c1ccc2c(c1)OCCO2. The van der Waals surface area contributed by atoms with Gasteiger partial charge in [-0.25, -0.2) is 4.79 Å². The number of halogens is 1. The standard InChI is InChI=1S/C24H26ClN3O5/c1-14(2)21(15-4-9-18-19(12-15)33-11-10-32-18)26-20(29)13-28-22(30)24(3,27-23(28)31)16-5-7-17(25)8-6-16/h4-9,12,14,21H,10-11,13H2,1-3H3,(H,26,29)(H,27,31)/t21-,24+/m1/s1. The zero-order valence-electron chi connectivity index (χ0n) is 18.7. The Morgan fingerprint density at radius 1 is 1.12 bits per heavy atom. The maximum Gasteiger partial charge on any atom is 0.325 e. The van der Waals surface area contributed by atoms with Crippen molar-refractivity contribution in [1.82, 2.24) is 15.5 Å². The summed E-state index contributed by atoms with van der Waals surface area (Å²) in [5.74, 6) is 0.419. The van der Waals surface area contributed by atoms with Crippen LogP contribution >= 0.6 is 11.6 Å². The van der Waals surface area contributed by atoms with E-state index in [9.17, 15) is 14.4 Å². The summed E-state index contributed by atoms with van der Waals surface area (Å²) in [5.41, 5.74) is 0.171. The average molecular weight is 472 g/mol. The van der Waals surface area contributed by atoms with Gasteiger partial charge in [-0.1, -0.05) is 43.6 Å². The number of nitrogens with zero attached hydrogens (tertiary/aromatic N) is 1. The number of carbonyl (C=O) groups excluding carboxylic acids is 3. The second kappa shape index (κ2) is 8.94. The van der Waals surface area contributed by atoms with E-state index in [2.05, 4.69) is 10.6 Å². The summed E-state index contributed by atoms with van der Waals surface area (Å²) in [5, 5.41) is 6.18. The van der Waals surface area contributed by atoms with Crippen molar-refractivity contribution in [3.63, 3.8) is 0 Å². The molecule has 174 valence electrons.